The van der Waals surface area contributed by atoms with Gasteiger partial charge in [-0.15, -0.1) is 0 Å². The second-order valence-electron chi connectivity index (χ2n) is 4.67. The van der Waals surface area contributed by atoms with Gasteiger partial charge in [-0.25, -0.2) is 9.59 Å². The number of halogens is 1. The third-order valence-corrected chi connectivity index (χ3v) is 3.54. The molecule has 0 N–H and O–H groups in total. The fourth-order valence-corrected chi connectivity index (χ4v) is 2.13. The molecule has 0 aliphatic rings. The van der Waals surface area contributed by atoms with Gasteiger partial charge in [0.1, 0.15) is 0 Å². The van der Waals surface area contributed by atoms with E-state index in [1.807, 2.05) is 13.8 Å². The van der Waals surface area contributed by atoms with Gasteiger partial charge in [-0.3, -0.25) is 0 Å². The summed E-state index contributed by atoms with van der Waals surface area (Å²) in [7, 11) is 0. The van der Waals surface area contributed by atoms with Gasteiger partial charge >= 0.3 is 11.9 Å². The number of esters is 2. The Morgan fingerprint density at radius 1 is 1.00 bits per heavy atom. The zero-order chi connectivity index (χ0) is 15.7. The van der Waals surface area contributed by atoms with Crippen molar-refractivity contribution < 1.29 is 19.1 Å². The third-order valence-electron chi connectivity index (χ3n) is 2.89. The molecule has 0 amide bonds. The first-order valence-corrected chi connectivity index (χ1v) is 8.03. The van der Waals surface area contributed by atoms with E-state index in [-0.39, 0.29) is 11.9 Å². The van der Waals surface area contributed by atoms with Crippen molar-refractivity contribution in [2.75, 3.05) is 13.2 Å². The topological polar surface area (TPSA) is 52.6 Å². The number of carbonyl (C=O) groups excluding carboxylic acids is 2. The van der Waals surface area contributed by atoms with E-state index in [1.54, 1.807) is 18.2 Å². The lowest BCUT2D eigenvalue weighted by Gasteiger charge is -2.08. The molecule has 0 bridgehead atoms. The fraction of sp³-hybridized carbons (Fsp3) is 0.500. The predicted octanol–water partition coefficient (Wildman–Crippen LogP) is 4.36. The highest BCUT2D eigenvalue weighted by atomic mass is 79.9. The molecule has 0 aliphatic heterocycles. The van der Waals surface area contributed by atoms with Gasteiger partial charge in [-0.05, 0) is 47.0 Å². The van der Waals surface area contributed by atoms with Gasteiger partial charge in [0.15, 0.2) is 0 Å². The predicted molar refractivity (Wildman–Crippen MR) is 84.5 cm³/mol. The molecule has 1 rings (SSSR count). The van der Waals surface area contributed by atoms with Crippen LogP contribution in [0.15, 0.2) is 22.7 Å². The van der Waals surface area contributed by atoms with E-state index in [1.165, 1.54) is 0 Å². The maximum atomic E-state index is 11.9. The summed E-state index contributed by atoms with van der Waals surface area (Å²) in [6.45, 7) is 4.88. The van der Waals surface area contributed by atoms with E-state index in [0.717, 1.165) is 25.7 Å². The minimum Gasteiger partial charge on any atom is -0.462 e. The van der Waals surface area contributed by atoms with Gasteiger partial charge in [0.25, 0.3) is 0 Å². The molecule has 1 aromatic rings. The molecule has 21 heavy (non-hydrogen) atoms. The van der Waals surface area contributed by atoms with Crippen LogP contribution in [0.1, 0.15) is 60.2 Å². The Morgan fingerprint density at radius 3 is 2.10 bits per heavy atom. The molecule has 0 heterocycles. The first kappa shape index (κ1) is 17.7. The van der Waals surface area contributed by atoms with Crippen molar-refractivity contribution in [3.63, 3.8) is 0 Å². The number of hydrogen-bond acceptors (Lipinski definition) is 4. The summed E-state index contributed by atoms with van der Waals surface area (Å²) in [5.74, 6) is -0.767. The van der Waals surface area contributed by atoms with Crippen LogP contribution < -0.4 is 0 Å². The molecular formula is C16H21BrO4. The number of rotatable bonds is 8. The molecule has 0 aliphatic carbocycles. The SMILES string of the molecule is CCCCOC(=O)c1ccc(C(=O)OCCCC)c(Br)c1. The van der Waals surface area contributed by atoms with E-state index in [9.17, 15) is 9.59 Å². The van der Waals surface area contributed by atoms with E-state index in [2.05, 4.69) is 15.9 Å². The van der Waals surface area contributed by atoms with E-state index in [0.29, 0.717) is 28.8 Å². The first-order chi connectivity index (χ1) is 10.1. The number of ether oxygens (including phenoxy) is 2. The van der Waals surface area contributed by atoms with Crippen molar-refractivity contribution in [2.24, 2.45) is 0 Å². The number of carbonyl (C=O) groups is 2. The Balaban J connectivity index is 2.66. The highest BCUT2D eigenvalue weighted by Crippen LogP contribution is 2.20. The summed E-state index contributed by atoms with van der Waals surface area (Å²) in [4.78, 5) is 23.7. The number of hydrogen-bond donors (Lipinski definition) is 0. The van der Waals surface area contributed by atoms with Crippen molar-refractivity contribution in [1.82, 2.24) is 0 Å². The van der Waals surface area contributed by atoms with Crippen LogP contribution in [0.4, 0.5) is 0 Å². The normalized spacial score (nSPS) is 10.2. The van der Waals surface area contributed by atoms with Crippen LogP contribution in [0.25, 0.3) is 0 Å². The molecule has 1 aromatic carbocycles. The van der Waals surface area contributed by atoms with Crippen LogP contribution in [-0.4, -0.2) is 25.2 Å². The largest absolute Gasteiger partial charge is 0.462 e. The van der Waals surface area contributed by atoms with Crippen molar-refractivity contribution >= 4 is 27.9 Å². The summed E-state index contributed by atoms with van der Waals surface area (Å²) < 4.78 is 10.8. The Bertz CT molecular complexity index is 485. The molecule has 0 aromatic heterocycles. The van der Waals surface area contributed by atoms with Crippen LogP contribution in [0, 0.1) is 0 Å². The monoisotopic (exact) mass is 356 g/mol. The second kappa shape index (κ2) is 9.55. The summed E-state index contributed by atoms with van der Waals surface area (Å²) in [5.41, 5.74) is 0.833. The van der Waals surface area contributed by atoms with Crippen molar-refractivity contribution in [3.05, 3.63) is 33.8 Å². The molecule has 0 fully saturated rings. The average molecular weight is 357 g/mol. The lowest BCUT2D eigenvalue weighted by atomic mass is 10.1. The average Bonchev–Trinajstić information content (AvgIpc) is 2.47. The Morgan fingerprint density at radius 2 is 1.57 bits per heavy atom. The molecule has 4 nitrogen and oxygen atoms in total. The van der Waals surface area contributed by atoms with Gasteiger partial charge in [0.2, 0.25) is 0 Å². The minimum atomic E-state index is -0.388. The lowest BCUT2D eigenvalue weighted by molar-refractivity contribution is 0.0484. The van der Waals surface area contributed by atoms with Gasteiger partial charge in [-0.1, -0.05) is 26.7 Å². The summed E-state index contributed by atoms with van der Waals surface area (Å²) in [6, 6.07) is 4.74. The Hall–Kier alpha value is -1.36. The summed E-state index contributed by atoms with van der Waals surface area (Å²) in [5, 5.41) is 0. The third kappa shape index (κ3) is 5.87. The van der Waals surface area contributed by atoms with Gasteiger partial charge in [0, 0.05) is 4.47 Å². The zero-order valence-corrected chi connectivity index (χ0v) is 14.1. The first-order valence-electron chi connectivity index (χ1n) is 7.24. The molecule has 0 radical (unpaired) electrons. The van der Waals surface area contributed by atoms with Crippen LogP contribution in [0.3, 0.4) is 0 Å². The smallest absolute Gasteiger partial charge is 0.339 e. The van der Waals surface area contributed by atoms with Crippen molar-refractivity contribution in [2.45, 2.75) is 39.5 Å². The highest BCUT2D eigenvalue weighted by Gasteiger charge is 2.15. The molecule has 0 atom stereocenters. The Labute approximate surface area is 133 Å². The maximum absolute atomic E-state index is 11.9. The van der Waals surface area contributed by atoms with Crippen LogP contribution >= 0.6 is 15.9 Å². The van der Waals surface area contributed by atoms with Crippen LogP contribution in [-0.2, 0) is 9.47 Å². The molecule has 5 heteroatoms. The molecule has 116 valence electrons. The van der Waals surface area contributed by atoms with Crippen molar-refractivity contribution in [3.8, 4) is 0 Å². The molecular weight excluding hydrogens is 336 g/mol. The lowest BCUT2D eigenvalue weighted by Crippen LogP contribution is -2.10. The highest BCUT2D eigenvalue weighted by molar-refractivity contribution is 9.10. The minimum absolute atomic E-state index is 0.380. The second-order valence-corrected chi connectivity index (χ2v) is 5.53. The molecule has 0 saturated carbocycles. The van der Waals surface area contributed by atoms with E-state index >= 15 is 0 Å². The standard InChI is InChI=1S/C16H21BrO4/c1-3-5-9-20-15(18)12-7-8-13(14(17)11-12)16(19)21-10-6-4-2/h7-8,11H,3-6,9-10H2,1-2H3. The zero-order valence-electron chi connectivity index (χ0n) is 12.5. The quantitative estimate of drug-likeness (QED) is 0.512. The summed E-state index contributed by atoms with van der Waals surface area (Å²) >= 11 is 3.30. The van der Waals surface area contributed by atoms with E-state index < -0.39 is 0 Å². The maximum Gasteiger partial charge on any atom is 0.339 e. The summed E-state index contributed by atoms with van der Waals surface area (Å²) in [6.07, 6.45) is 3.62. The number of unbranched alkanes of at least 4 members (excludes halogenated alkanes) is 2. The number of benzene rings is 1. The van der Waals surface area contributed by atoms with E-state index in [4.69, 9.17) is 9.47 Å². The van der Waals surface area contributed by atoms with Crippen molar-refractivity contribution in [1.29, 1.82) is 0 Å². The van der Waals surface area contributed by atoms with Gasteiger partial charge < -0.3 is 9.47 Å². The van der Waals surface area contributed by atoms with Gasteiger partial charge in [0.05, 0.1) is 24.3 Å². The fourth-order valence-electron chi connectivity index (χ4n) is 1.59. The Kier molecular flexibility index (Phi) is 8.05. The van der Waals surface area contributed by atoms with Crippen LogP contribution in [0.5, 0.6) is 0 Å². The molecule has 0 spiro atoms. The molecule has 0 saturated heterocycles. The van der Waals surface area contributed by atoms with Gasteiger partial charge in [-0.2, -0.15) is 0 Å². The molecule has 0 unspecified atom stereocenters. The van der Waals surface area contributed by atoms with Crippen LogP contribution in [0.2, 0.25) is 0 Å².